The molecule has 24 heavy (non-hydrogen) atoms. The van der Waals surface area contributed by atoms with Crippen LogP contribution in [0, 0.1) is 0 Å². The molecular formula is C20H26N4. The van der Waals surface area contributed by atoms with Crippen LogP contribution in [-0.4, -0.2) is 23.1 Å². The van der Waals surface area contributed by atoms with Gasteiger partial charge in [-0.1, -0.05) is 44.9 Å². The summed E-state index contributed by atoms with van der Waals surface area (Å²) in [6.07, 6.45) is 4.62. The van der Waals surface area contributed by atoms with Crippen molar-refractivity contribution < 1.29 is 0 Å². The van der Waals surface area contributed by atoms with Gasteiger partial charge in [0.2, 0.25) is 0 Å². The van der Waals surface area contributed by atoms with Crippen LogP contribution in [0.1, 0.15) is 39.5 Å². The molecule has 0 spiro atoms. The van der Waals surface area contributed by atoms with E-state index in [1.54, 1.807) is 0 Å². The molecule has 0 aliphatic rings. The van der Waals surface area contributed by atoms with Crippen LogP contribution in [0.2, 0.25) is 0 Å². The summed E-state index contributed by atoms with van der Waals surface area (Å²) in [7, 11) is 0. The number of benzene rings is 1. The molecular weight excluding hydrogens is 296 g/mol. The zero-order chi connectivity index (χ0) is 16.8. The second kappa shape index (κ2) is 7.95. The fourth-order valence-electron chi connectivity index (χ4n) is 2.83. The van der Waals surface area contributed by atoms with E-state index in [0.29, 0.717) is 0 Å². The highest BCUT2D eigenvalue weighted by Gasteiger charge is 2.10. The maximum Gasteiger partial charge on any atom is 0.153 e. The van der Waals surface area contributed by atoms with Crippen molar-refractivity contribution in [3.63, 3.8) is 0 Å². The number of anilines is 2. The monoisotopic (exact) mass is 322 g/mol. The van der Waals surface area contributed by atoms with Crippen LogP contribution in [0.4, 0.5) is 11.6 Å². The standard InChI is InChI=1S/C20H26N4/c1-3-5-13-21-18-12-11-16-15-9-7-8-10-17(15)23-20(19(16)24-18)22-14-6-4-2/h7-12H,3-6,13-14H2,1-2H3,(H,21,24)(H,22,23). The SMILES string of the molecule is CCCCNc1ccc2c(n1)c(NCCCC)nc1ccccc12. The molecule has 3 aromatic rings. The molecule has 0 unspecified atom stereocenters. The van der Waals surface area contributed by atoms with Crippen LogP contribution < -0.4 is 10.6 Å². The number of hydrogen-bond acceptors (Lipinski definition) is 4. The van der Waals surface area contributed by atoms with Crippen LogP contribution in [0.5, 0.6) is 0 Å². The largest absolute Gasteiger partial charge is 0.370 e. The first-order chi connectivity index (χ1) is 11.8. The van der Waals surface area contributed by atoms with Crippen LogP contribution in [0.25, 0.3) is 21.8 Å². The van der Waals surface area contributed by atoms with Gasteiger partial charge in [-0.25, -0.2) is 9.97 Å². The Morgan fingerprint density at radius 2 is 1.54 bits per heavy atom. The number of hydrogen-bond donors (Lipinski definition) is 2. The van der Waals surface area contributed by atoms with Crippen molar-refractivity contribution in [1.82, 2.24) is 9.97 Å². The highest BCUT2D eigenvalue weighted by molar-refractivity contribution is 6.08. The number of rotatable bonds is 8. The van der Waals surface area contributed by atoms with E-state index in [-0.39, 0.29) is 0 Å². The number of fused-ring (bicyclic) bond motifs is 3. The maximum atomic E-state index is 4.84. The van der Waals surface area contributed by atoms with Crippen molar-refractivity contribution in [3.8, 4) is 0 Å². The molecule has 0 radical (unpaired) electrons. The van der Waals surface area contributed by atoms with Crippen LogP contribution >= 0.6 is 0 Å². The lowest BCUT2D eigenvalue weighted by atomic mass is 10.1. The predicted octanol–water partition coefficient (Wildman–Crippen LogP) is 5.21. The van der Waals surface area contributed by atoms with Crippen LogP contribution in [0.15, 0.2) is 36.4 Å². The number of nitrogens with one attached hydrogen (secondary N) is 2. The van der Waals surface area contributed by atoms with Crippen LogP contribution in [0.3, 0.4) is 0 Å². The highest BCUT2D eigenvalue weighted by atomic mass is 15.0. The third-order valence-corrected chi connectivity index (χ3v) is 4.21. The Morgan fingerprint density at radius 3 is 2.33 bits per heavy atom. The maximum absolute atomic E-state index is 4.84. The van der Waals surface area contributed by atoms with Gasteiger partial charge in [-0.2, -0.15) is 0 Å². The lowest BCUT2D eigenvalue weighted by Crippen LogP contribution is -2.06. The molecule has 0 aliphatic heterocycles. The van der Waals surface area contributed by atoms with Crippen molar-refractivity contribution in [1.29, 1.82) is 0 Å². The van der Waals surface area contributed by atoms with Gasteiger partial charge >= 0.3 is 0 Å². The Balaban J connectivity index is 2.03. The van der Waals surface area contributed by atoms with Gasteiger partial charge < -0.3 is 10.6 Å². The lowest BCUT2D eigenvalue weighted by Gasteiger charge is -2.12. The van der Waals surface area contributed by atoms with Crippen molar-refractivity contribution in [2.75, 3.05) is 23.7 Å². The minimum atomic E-state index is 0.885. The fraction of sp³-hybridized carbons (Fsp3) is 0.400. The number of aromatic nitrogens is 2. The molecule has 0 saturated heterocycles. The molecule has 126 valence electrons. The Labute approximate surface area is 143 Å². The van der Waals surface area contributed by atoms with Gasteiger partial charge in [0.05, 0.1) is 5.52 Å². The molecule has 0 saturated carbocycles. The minimum Gasteiger partial charge on any atom is -0.370 e. The van der Waals surface area contributed by atoms with Crippen molar-refractivity contribution >= 4 is 33.4 Å². The predicted molar refractivity (Wildman–Crippen MR) is 104 cm³/mol. The minimum absolute atomic E-state index is 0.885. The van der Waals surface area contributed by atoms with Gasteiger partial charge in [-0.05, 0) is 31.0 Å². The van der Waals surface area contributed by atoms with E-state index in [1.165, 1.54) is 6.42 Å². The Kier molecular flexibility index (Phi) is 5.47. The summed E-state index contributed by atoms with van der Waals surface area (Å²) in [5, 5.41) is 9.19. The average Bonchev–Trinajstić information content (AvgIpc) is 2.62. The Bertz CT molecular complexity index is 813. The van der Waals surface area contributed by atoms with Crippen LogP contribution in [-0.2, 0) is 0 Å². The van der Waals surface area contributed by atoms with Gasteiger partial charge in [-0.15, -0.1) is 0 Å². The first kappa shape index (κ1) is 16.5. The zero-order valence-electron chi connectivity index (χ0n) is 14.6. The van der Waals surface area contributed by atoms with E-state index in [0.717, 1.165) is 65.8 Å². The third-order valence-electron chi connectivity index (χ3n) is 4.21. The molecule has 0 aliphatic carbocycles. The summed E-state index contributed by atoms with van der Waals surface area (Å²) >= 11 is 0. The fourth-order valence-corrected chi connectivity index (χ4v) is 2.83. The smallest absolute Gasteiger partial charge is 0.153 e. The average molecular weight is 322 g/mol. The topological polar surface area (TPSA) is 49.8 Å². The second-order valence-electron chi connectivity index (χ2n) is 6.13. The normalized spacial score (nSPS) is 11.1. The lowest BCUT2D eigenvalue weighted by molar-refractivity contribution is 0.830. The highest BCUT2D eigenvalue weighted by Crippen LogP contribution is 2.29. The number of unbranched alkanes of at least 4 members (excludes halogenated alkanes) is 2. The van der Waals surface area contributed by atoms with Gasteiger partial charge in [0.15, 0.2) is 5.82 Å². The number of nitrogens with zero attached hydrogens (tertiary/aromatic N) is 2. The van der Waals surface area contributed by atoms with Crippen molar-refractivity contribution in [2.45, 2.75) is 39.5 Å². The molecule has 2 aromatic heterocycles. The summed E-state index contributed by atoms with van der Waals surface area (Å²) in [6.45, 7) is 6.27. The van der Waals surface area contributed by atoms with Gasteiger partial charge in [0.1, 0.15) is 11.3 Å². The van der Waals surface area contributed by atoms with Gasteiger partial charge in [0.25, 0.3) is 0 Å². The summed E-state index contributed by atoms with van der Waals surface area (Å²) in [5.41, 5.74) is 1.96. The third kappa shape index (κ3) is 3.58. The van der Waals surface area contributed by atoms with E-state index in [1.807, 2.05) is 6.07 Å². The molecule has 3 rings (SSSR count). The molecule has 1 aromatic carbocycles. The molecule has 4 heteroatoms. The summed E-state index contributed by atoms with van der Waals surface area (Å²) in [6, 6.07) is 12.5. The summed E-state index contributed by atoms with van der Waals surface area (Å²) < 4.78 is 0. The molecule has 4 nitrogen and oxygen atoms in total. The van der Waals surface area contributed by atoms with E-state index in [9.17, 15) is 0 Å². The Morgan fingerprint density at radius 1 is 0.792 bits per heavy atom. The first-order valence-corrected chi connectivity index (χ1v) is 9.00. The first-order valence-electron chi connectivity index (χ1n) is 9.00. The molecule has 2 heterocycles. The van der Waals surface area contributed by atoms with Gasteiger partial charge in [-0.3, -0.25) is 0 Å². The quantitative estimate of drug-likeness (QED) is 0.442. The zero-order valence-corrected chi connectivity index (χ0v) is 14.6. The second-order valence-corrected chi connectivity index (χ2v) is 6.13. The Hall–Kier alpha value is -2.36. The molecule has 0 bridgehead atoms. The van der Waals surface area contributed by atoms with E-state index < -0.39 is 0 Å². The van der Waals surface area contributed by atoms with Crippen molar-refractivity contribution in [2.24, 2.45) is 0 Å². The van der Waals surface area contributed by atoms with E-state index >= 15 is 0 Å². The summed E-state index contributed by atoms with van der Waals surface area (Å²) in [4.78, 5) is 9.65. The van der Waals surface area contributed by atoms with E-state index in [2.05, 4.69) is 54.8 Å². The number of pyridine rings is 2. The van der Waals surface area contributed by atoms with E-state index in [4.69, 9.17) is 9.97 Å². The number of para-hydroxylation sites is 1. The van der Waals surface area contributed by atoms with Gasteiger partial charge in [0, 0.05) is 23.9 Å². The molecule has 0 atom stereocenters. The molecule has 0 amide bonds. The molecule has 0 fully saturated rings. The van der Waals surface area contributed by atoms with Crippen molar-refractivity contribution in [3.05, 3.63) is 36.4 Å². The molecule has 2 N–H and O–H groups in total. The summed E-state index contributed by atoms with van der Waals surface area (Å²) in [5.74, 6) is 1.81.